The van der Waals surface area contributed by atoms with Crippen LogP contribution in [0.1, 0.15) is 36.0 Å². The van der Waals surface area contributed by atoms with E-state index >= 15 is 0 Å². The lowest BCUT2D eigenvalue weighted by atomic mass is 10.1. The molecule has 0 unspecified atom stereocenters. The van der Waals surface area contributed by atoms with Crippen LogP contribution >= 0.6 is 0 Å². The fourth-order valence-electron chi connectivity index (χ4n) is 4.89. The van der Waals surface area contributed by atoms with Crippen LogP contribution in [0.4, 0.5) is 5.69 Å². The first-order chi connectivity index (χ1) is 17.9. The van der Waals surface area contributed by atoms with Crippen molar-refractivity contribution in [3.8, 4) is 5.75 Å². The highest BCUT2D eigenvalue weighted by Gasteiger charge is 2.37. The van der Waals surface area contributed by atoms with Crippen molar-refractivity contribution in [2.45, 2.75) is 50.3 Å². The summed E-state index contributed by atoms with van der Waals surface area (Å²) >= 11 is 0. The Bertz CT molecular complexity index is 1340. The number of nitrogens with zero attached hydrogens (tertiary/aromatic N) is 2. The second-order valence-corrected chi connectivity index (χ2v) is 11.7. The fourth-order valence-corrected chi connectivity index (χ4v) is 6.38. The summed E-state index contributed by atoms with van der Waals surface area (Å²) in [6, 6.07) is 21.9. The predicted octanol–water partition coefficient (Wildman–Crippen LogP) is 4.25. The fraction of sp³-hybridized carbons (Fsp3) is 0.345. The van der Waals surface area contributed by atoms with Gasteiger partial charge in [0.15, 0.2) is 6.10 Å². The van der Waals surface area contributed by atoms with Gasteiger partial charge in [0.05, 0.1) is 17.1 Å². The number of carbonyl (C=O) groups is 1. The molecule has 7 nitrogen and oxygen atoms in total. The normalized spacial score (nSPS) is 18.1. The first-order valence-corrected chi connectivity index (χ1v) is 14.3. The van der Waals surface area contributed by atoms with Gasteiger partial charge in [0, 0.05) is 13.1 Å². The number of amides is 1. The maximum Gasteiger partial charge on any atom is 0.264 e. The topological polar surface area (TPSA) is 79.0 Å². The summed E-state index contributed by atoms with van der Waals surface area (Å²) in [5.41, 5.74) is 3.60. The molecule has 5 rings (SSSR count). The second-order valence-electron chi connectivity index (χ2n) is 9.80. The van der Waals surface area contributed by atoms with E-state index < -0.39 is 16.1 Å². The molecule has 1 saturated heterocycles. The summed E-state index contributed by atoms with van der Waals surface area (Å²) in [6.07, 6.45) is 2.88. The number of benzene rings is 3. The second kappa shape index (κ2) is 10.9. The molecule has 3 aromatic carbocycles. The monoisotopic (exact) mass is 519 g/mol. The highest BCUT2D eigenvalue weighted by atomic mass is 32.2. The van der Waals surface area contributed by atoms with Crippen molar-refractivity contribution in [3.63, 3.8) is 0 Å². The van der Waals surface area contributed by atoms with Gasteiger partial charge >= 0.3 is 0 Å². The molecule has 0 spiro atoms. The molecule has 0 aliphatic carbocycles. The summed E-state index contributed by atoms with van der Waals surface area (Å²) in [6.45, 7) is 5.39. The van der Waals surface area contributed by atoms with Crippen molar-refractivity contribution in [3.05, 3.63) is 89.5 Å². The van der Waals surface area contributed by atoms with Crippen LogP contribution in [0.5, 0.6) is 5.75 Å². The van der Waals surface area contributed by atoms with E-state index in [1.165, 1.54) is 29.1 Å². The van der Waals surface area contributed by atoms with Gasteiger partial charge in [-0.15, -0.1) is 0 Å². The van der Waals surface area contributed by atoms with Crippen molar-refractivity contribution >= 4 is 21.6 Å². The molecule has 2 heterocycles. The number of piperidine rings is 1. The van der Waals surface area contributed by atoms with E-state index in [1.54, 1.807) is 42.5 Å². The third-order valence-electron chi connectivity index (χ3n) is 6.95. The van der Waals surface area contributed by atoms with Crippen LogP contribution in [0.25, 0.3) is 0 Å². The van der Waals surface area contributed by atoms with E-state index in [2.05, 4.69) is 22.3 Å². The van der Waals surface area contributed by atoms with Gasteiger partial charge in [-0.1, -0.05) is 55.0 Å². The molecule has 0 aromatic heterocycles. The molecule has 194 valence electrons. The Labute approximate surface area is 219 Å². The van der Waals surface area contributed by atoms with Crippen molar-refractivity contribution in [2.24, 2.45) is 0 Å². The van der Waals surface area contributed by atoms with E-state index in [9.17, 15) is 13.2 Å². The first-order valence-electron chi connectivity index (χ1n) is 12.8. The molecular weight excluding hydrogens is 486 g/mol. The minimum Gasteiger partial charge on any atom is -0.476 e. The summed E-state index contributed by atoms with van der Waals surface area (Å²) in [7, 11) is -3.87. The average molecular weight is 520 g/mol. The summed E-state index contributed by atoms with van der Waals surface area (Å²) < 4.78 is 34.3. The molecule has 0 bridgehead atoms. The molecule has 2 aliphatic rings. The molecule has 0 saturated carbocycles. The number of carbonyl (C=O) groups excluding carboxylic acids is 1. The van der Waals surface area contributed by atoms with E-state index in [-0.39, 0.29) is 17.3 Å². The zero-order valence-electron chi connectivity index (χ0n) is 21.1. The maximum absolute atomic E-state index is 13.5. The van der Waals surface area contributed by atoms with Gasteiger partial charge < -0.3 is 10.1 Å². The lowest BCUT2D eigenvalue weighted by molar-refractivity contribution is -0.127. The SMILES string of the molecule is Cc1ccc2c(c1)O[C@H](C(=O)NCc1ccc(CN3CCCCC3)cc1)CN2S(=O)(=O)c1ccccc1. The number of rotatable bonds is 7. The maximum atomic E-state index is 13.5. The number of likely N-dealkylation sites (tertiary alicyclic amines) is 1. The minimum absolute atomic E-state index is 0.103. The number of ether oxygens (including phenoxy) is 1. The van der Waals surface area contributed by atoms with Gasteiger partial charge in [-0.3, -0.25) is 14.0 Å². The lowest BCUT2D eigenvalue weighted by Crippen LogP contribution is -2.50. The number of aryl methyl sites for hydroxylation is 1. The lowest BCUT2D eigenvalue weighted by Gasteiger charge is -2.35. The highest BCUT2D eigenvalue weighted by molar-refractivity contribution is 7.92. The summed E-state index contributed by atoms with van der Waals surface area (Å²) in [5.74, 6) is 0.0331. The van der Waals surface area contributed by atoms with Crippen LogP contribution in [-0.4, -0.2) is 45.0 Å². The summed E-state index contributed by atoms with van der Waals surface area (Å²) in [5, 5.41) is 2.93. The van der Waals surface area contributed by atoms with Crippen LogP contribution in [0.15, 0.2) is 77.7 Å². The van der Waals surface area contributed by atoms with Crippen molar-refractivity contribution < 1.29 is 17.9 Å². The number of fused-ring (bicyclic) bond motifs is 1. The highest BCUT2D eigenvalue weighted by Crippen LogP contribution is 2.37. The standard InChI is InChI=1S/C29H33N3O4S/c1-22-10-15-26-27(18-22)36-28(21-32(26)37(34,35)25-8-4-2-5-9-25)29(33)30-19-23-11-13-24(14-12-23)20-31-16-6-3-7-17-31/h2,4-5,8-15,18,28H,3,6-7,16-17,19-21H2,1H3,(H,30,33)/t28-/m0/s1. The summed E-state index contributed by atoms with van der Waals surface area (Å²) in [4.78, 5) is 15.8. The van der Waals surface area contributed by atoms with E-state index in [1.807, 2.05) is 25.1 Å². The Morgan fingerprint density at radius 2 is 1.65 bits per heavy atom. The average Bonchev–Trinajstić information content (AvgIpc) is 2.92. The van der Waals surface area contributed by atoms with Crippen molar-refractivity contribution in [1.29, 1.82) is 0 Å². The van der Waals surface area contributed by atoms with Gasteiger partial charge in [-0.25, -0.2) is 8.42 Å². The number of nitrogens with one attached hydrogen (secondary N) is 1. The Morgan fingerprint density at radius 1 is 0.946 bits per heavy atom. The Balaban J connectivity index is 1.27. The van der Waals surface area contributed by atoms with Crippen LogP contribution in [-0.2, 0) is 27.9 Å². The Kier molecular flexibility index (Phi) is 7.48. The van der Waals surface area contributed by atoms with Crippen molar-refractivity contribution in [2.75, 3.05) is 23.9 Å². The van der Waals surface area contributed by atoms with Crippen molar-refractivity contribution in [1.82, 2.24) is 10.2 Å². The van der Waals surface area contributed by atoms with Crippen LogP contribution in [0, 0.1) is 6.92 Å². The number of anilines is 1. The Hall–Kier alpha value is -3.36. The molecule has 1 fully saturated rings. The molecule has 2 aliphatic heterocycles. The Morgan fingerprint density at radius 3 is 2.38 bits per heavy atom. The van der Waals surface area contributed by atoms with Gasteiger partial charge in [-0.05, 0) is 73.8 Å². The van der Waals surface area contributed by atoms with Gasteiger partial charge in [0.1, 0.15) is 5.75 Å². The third kappa shape index (κ3) is 5.81. The van der Waals surface area contributed by atoms with Crippen LogP contribution < -0.4 is 14.4 Å². The molecule has 1 amide bonds. The molecule has 1 atom stereocenters. The number of hydrogen-bond acceptors (Lipinski definition) is 5. The molecule has 37 heavy (non-hydrogen) atoms. The van der Waals surface area contributed by atoms with Gasteiger partial charge in [-0.2, -0.15) is 0 Å². The van der Waals surface area contributed by atoms with E-state index in [0.29, 0.717) is 18.0 Å². The predicted molar refractivity (Wildman–Crippen MR) is 144 cm³/mol. The first kappa shape index (κ1) is 25.3. The molecular formula is C29H33N3O4S. The van der Waals surface area contributed by atoms with Crippen LogP contribution in [0.3, 0.4) is 0 Å². The number of sulfonamides is 1. The smallest absolute Gasteiger partial charge is 0.264 e. The molecule has 3 aromatic rings. The molecule has 1 N–H and O–H groups in total. The quantitative estimate of drug-likeness (QED) is 0.505. The van der Waals surface area contributed by atoms with E-state index in [4.69, 9.17) is 4.74 Å². The third-order valence-corrected chi connectivity index (χ3v) is 8.75. The largest absolute Gasteiger partial charge is 0.476 e. The zero-order chi connectivity index (χ0) is 25.8. The zero-order valence-corrected chi connectivity index (χ0v) is 21.9. The molecule has 8 heteroatoms. The molecule has 0 radical (unpaired) electrons. The van der Waals surface area contributed by atoms with Crippen LogP contribution in [0.2, 0.25) is 0 Å². The minimum atomic E-state index is -3.87. The van der Waals surface area contributed by atoms with E-state index in [0.717, 1.165) is 30.8 Å². The number of hydrogen-bond donors (Lipinski definition) is 1. The van der Waals surface area contributed by atoms with Gasteiger partial charge in [0.2, 0.25) is 0 Å². The van der Waals surface area contributed by atoms with Gasteiger partial charge in [0.25, 0.3) is 15.9 Å².